The average Bonchev–Trinajstić information content (AvgIpc) is 2.89. The molecule has 0 unspecified atom stereocenters. The molecular weight excluding hydrogens is 258 g/mol. The fourth-order valence-electron chi connectivity index (χ4n) is 2.23. The Morgan fingerprint density at radius 3 is 2.70 bits per heavy atom. The molecule has 2 heterocycles. The number of nitrogens with one attached hydrogen (secondary N) is 3. The largest absolute Gasteiger partial charge is 0.376 e. The molecule has 20 heavy (non-hydrogen) atoms. The smallest absolute Gasteiger partial charge is 0.333 e. The minimum atomic E-state index is -0.323. The first kappa shape index (κ1) is 14.5. The van der Waals surface area contributed by atoms with Crippen LogP contribution in [-0.4, -0.2) is 34.8 Å². The Hall–Kier alpha value is -1.89. The average molecular weight is 279 g/mol. The molecule has 0 bridgehead atoms. The van der Waals surface area contributed by atoms with Crippen molar-refractivity contribution in [1.29, 1.82) is 0 Å². The first-order valence-electron chi connectivity index (χ1n) is 6.81. The molecule has 1 fully saturated rings. The second-order valence-electron chi connectivity index (χ2n) is 5.04. The van der Waals surface area contributed by atoms with Crippen molar-refractivity contribution < 1.29 is 9.53 Å². The fourth-order valence-corrected chi connectivity index (χ4v) is 2.23. The van der Waals surface area contributed by atoms with Crippen LogP contribution >= 0.6 is 0 Å². The zero-order valence-electron chi connectivity index (χ0n) is 12.1. The number of hydrazine groups is 1. The van der Waals surface area contributed by atoms with Gasteiger partial charge in [0.2, 0.25) is 5.95 Å². The van der Waals surface area contributed by atoms with Crippen LogP contribution in [0.3, 0.4) is 0 Å². The van der Waals surface area contributed by atoms with Crippen molar-refractivity contribution in [1.82, 2.24) is 20.7 Å². The Morgan fingerprint density at radius 2 is 2.10 bits per heavy atom. The summed E-state index contributed by atoms with van der Waals surface area (Å²) in [5, 5.41) is 2.83. The maximum absolute atomic E-state index is 11.8. The molecule has 1 aromatic heterocycles. The molecule has 0 radical (unpaired) electrons. The van der Waals surface area contributed by atoms with E-state index in [1.54, 1.807) is 0 Å². The number of aryl methyl sites for hydroxylation is 2. The number of rotatable bonds is 4. The summed E-state index contributed by atoms with van der Waals surface area (Å²) in [5.74, 6) is 0.377. The lowest BCUT2D eigenvalue weighted by Gasteiger charge is -2.20. The quantitative estimate of drug-likeness (QED) is 0.723. The van der Waals surface area contributed by atoms with Crippen LogP contribution in [0, 0.1) is 13.8 Å². The van der Waals surface area contributed by atoms with Gasteiger partial charge in [0.25, 0.3) is 0 Å². The van der Waals surface area contributed by atoms with Crippen molar-refractivity contribution in [3.8, 4) is 0 Å². The van der Waals surface area contributed by atoms with Crippen LogP contribution in [0.5, 0.6) is 0 Å². The van der Waals surface area contributed by atoms with Gasteiger partial charge < -0.3 is 10.1 Å². The molecule has 0 spiro atoms. The molecule has 1 saturated heterocycles. The molecule has 0 aliphatic carbocycles. The van der Waals surface area contributed by atoms with Gasteiger partial charge in [-0.2, -0.15) is 0 Å². The van der Waals surface area contributed by atoms with Gasteiger partial charge in [0.15, 0.2) is 0 Å². The van der Waals surface area contributed by atoms with Gasteiger partial charge in [-0.1, -0.05) is 0 Å². The first-order chi connectivity index (χ1) is 9.54. The number of ether oxygens (including phenoxy) is 1. The van der Waals surface area contributed by atoms with E-state index in [9.17, 15) is 4.79 Å². The molecular formula is C13H21N5O2. The number of amides is 2. The molecule has 2 atom stereocenters. The number of carbonyl (C=O) groups excluding carboxylic acids is 1. The summed E-state index contributed by atoms with van der Waals surface area (Å²) in [6.45, 7) is 6.45. The highest BCUT2D eigenvalue weighted by molar-refractivity contribution is 5.75. The van der Waals surface area contributed by atoms with Gasteiger partial charge in [0.1, 0.15) is 0 Å². The molecule has 110 valence electrons. The highest BCUT2D eigenvalue weighted by Crippen LogP contribution is 2.15. The van der Waals surface area contributed by atoms with Crippen LogP contribution in [0.4, 0.5) is 10.7 Å². The van der Waals surface area contributed by atoms with E-state index in [1.165, 1.54) is 0 Å². The lowest BCUT2D eigenvalue weighted by molar-refractivity contribution is 0.0861. The maximum Gasteiger partial charge on any atom is 0.333 e. The van der Waals surface area contributed by atoms with Crippen LogP contribution in [0.1, 0.15) is 31.2 Å². The van der Waals surface area contributed by atoms with E-state index in [4.69, 9.17) is 4.74 Å². The number of anilines is 1. The number of hydrogen-bond donors (Lipinski definition) is 3. The van der Waals surface area contributed by atoms with E-state index in [0.717, 1.165) is 30.8 Å². The molecule has 1 aliphatic rings. The topological polar surface area (TPSA) is 88.2 Å². The van der Waals surface area contributed by atoms with Gasteiger partial charge in [-0.3, -0.25) is 5.43 Å². The van der Waals surface area contributed by atoms with Crippen molar-refractivity contribution in [3.05, 3.63) is 17.5 Å². The van der Waals surface area contributed by atoms with Crippen molar-refractivity contribution in [2.24, 2.45) is 0 Å². The standard InChI is InChI=1S/C13H21N5O2/c1-8-7-9(2)15-12(14-8)17-18-13(19)16-10(3)11-5-4-6-20-11/h7,10-11H,4-6H2,1-3H3,(H,14,15,17)(H2,16,18,19)/t10-,11-/m0/s1. The number of hydrogen-bond acceptors (Lipinski definition) is 5. The van der Waals surface area contributed by atoms with Crippen LogP contribution in [0.25, 0.3) is 0 Å². The highest BCUT2D eigenvalue weighted by atomic mass is 16.5. The predicted molar refractivity (Wildman–Crippen MR) is 75.2 cm³/mol. The van der Waals surface area contributed by atoms with E-state index in [-0.39, 0.29) is 18.2 Å². The molecule has 0 aromatic carbocycles. The Kier molecular flexibility index (Phi) is 4.73. The minimum absolute atomic E-state index is 0.0283. The van der Waals surface area contributed by atoms with Crippen molar-refractivity contribution in [2.45, 2.75) is 45.8 Å². The normalized spacial score (nSPS) is 19.4. The van der Waals surface area contributed by atoms with Gasteiger partial charge in [-0.15, -0.1) is 0 Å². The molecule has 1 aliphatic heterocycles. The summed E-state index contributed by atoms with van der Waals surface area (Å²) >= 11 is 0. The summed E-state index contributed by atoms with van der Waals surface area (Å²) in [6, 6.07) is 1.51. The third-order valence-electron chi connectivity index (χ3n) is 3.15. The second-order valence-corrected chi connectivity index (χ2v) is 5.04. The monoisotopic (exact) mass is 279 g/mol. The Morgan fingerprint density at radius 1 is 1.40 bits per heavy atom. The predicted octanol–water partition coefficient (Wildman–Crippen LogP) is 1.29. The van der Waals surface area contributed by atoms with Gasteiger partial charge in [0.05, 0.1) is 12.1 Å². The van der Waals surface area contributed by atoms with E-state index >= 15 is 0 Å². The summed E-state index contributed by atoms with van der Waals surface area (Å²) in [5.41, 5.74) is 6.91. The van der Waals surface area contributed by atoms with Crippen LogP contribution in [-0.2, 0) is 4.74 Å². The number of urea groups is 1. The third kappa shape index (κ3) is 4.06. The molecule has 7 heteroatoms. The van der Waals surface area contributed by atoms with Crippen molar-refractivity contribution in [2.75, 3.05) is 12.0 Å². The summed E-state index contributed by atoms with van der Waals surface area (Å²) < 4.78 is 5.52. The molecule has 7 nitrogen and oxygen atoms in total. The number of aromatic nitrogens is 2. The van der Waals surface area contributed by atoms with Crippen LogP contribution in [0.15, 0.2) is 6.07 Å². The van der Waals surface area contributed by atoms with E-state index in [1.807, 2.05) is 26.8 Å². The van der Waals surface area contributed by atoms with Gasteiger partial charge in [0, 0.05) is 18.0 Å². The lowest BCUT2D eigenvalue weighted by Crippen LogP contribution is -2.47. The number of nitrogens with zero attached hydrogens (tertiary/aromatic N) is 2. The van der Waals surface area contributed by atoms with Crippen LogP contribution < -0.4 is 16.2 Å². The van der Waals surface area contributed by atoms with Crippen molar-refractivity contribution in [3.63, 3.8) is 0 Å². The Bertz CT molecular complexity index is 454. The zero-order valence-corrected chi connectivity index (χ0v) is 12.1. The minimum Gasteiger partial charge on any atom is -0.376 e. The van der Waals surface area contributed by atoms with Crippen molar-refractivity contribution >= 4 is 12.0 Å². The lowest BCUT2D eigenvalue weighted by atomic mass is 10.1. The Labute approximate surface area is 118 Å². The van der Waals surface area contributed by atoms with Crippen LogP contribution in [0.2, 0.25) is 0 Å². The van der Waals surface area contributed by atoms with E-state index in [2.05, 4.69) is 26.1 Å². The SMILES string of the molecule is Cc1cc(C)nc(NNC(=O)N[C@@H](C)[C@@H]2CCCO2)n1. The molecule has 1 aromatic rings. The molecule has 2 rings (SSSR count). The molecule has 3 N–H and O–H groups in total. The first-order valence-corrected chi connectivity index (χ1v) is 6.81. The summed E-state index contributed by atoms with van der Waals surface area (Å²) in [6.07, 6.45) is 2.13. The molecule has 0 saturated carbocycles. The van der Waals surface area contributed by atoms with E-state index < -0.39 is 0 Å². The highest BCUT2D eigenvalue weighted by Gasteiger charge is 2.23. The number of carbonyl (C=O) groups is 1. The summed E-state index contributed by atoms with van der Waals surface area (Å²) in [7, 11) is 0. The van der Waals surface area contributed by atoms with Gasteiger partial charge in [-0.25, -0.2) is 20.2 Å². The fraction of sp³-hybridized carbons (Fsp3) is 0.615. The van der Waals surface area contributed by atoms with Gasteiger partial charge in [-0.05, 0) is 39.7 Å². The van der Waals surface area contributed by atoms with E-state index in [0.29, 0.717) is 5.95 Å². The second kappa shape index (κ2) is 6.51. The zero-order chi connectivity index (χ0) is 14.5. The third-order valence-corrected chi connectivity index (χ3v) is 3.15. The maximum atomic E-state index is 11.8. The summed E-state index contributed by atoms with van der Waals surface area (Å²) in [4.78, 5) is 20.1. The Balaban J connectivity index is 1.79. The molecule has 2 amide bonds. The van der Waals surface area contributed by atoms with Gasteiger partial charge >= 0.3 is 6.03 Å².